The smallest absolute Gasteiger partial charge is 0.226 e. The van der Waals surface area contributed by atoms with Crippen LogP contribution in [0.4, 0.5) is 17.8 Å². The van der Waals surface area contributed by atoms with Crippen molar-refractivity contribution in [2.75, 3.05) is 17.2 Å². The average Bonchev–Trinajstić information content (AvgIpc) is 2.52. The number of nitrogens with two attached hydrogens (primary N) is 3. The highest BCUT2D eigenvalue weighted by Crippen LogP contribution is 2.18. The van der Waals surface area contributed by atoms with Gasteiger partial charge in [-0.05, 0) is 18.2 Å². The van der Waals surface area contributed by atoms with Crippen molar-refractivity contribution in [3.63, 3.8) is 0 Å². The normalized spacial score (nSPS) is 10.3. The monoisotopic (exact) mass is 305 g/mol. The lowest BCUT2D eigenvalue weighted by Gasteiger charge is -1.99. The number of nitrogen functional groups attached to an aromatic ring is 3. The summed E-state index contributed by atoms with van der Waals surface area (Å²) in [5.41, 5.74) is 17.5. The summed E-state index contributed by atoms with van der Waals surface area (Å²) in [6.07, 6.45) is 0. The van der Waals surface area contributed by atoms with Gasteiger partial charge in [0.1, 0.15) is 0 Å². The summed E-state index contributed by atoms with van der Waals surface area (Å²) in [5.74, 6) is 0.125. The molecule has 0 saturated heterocycles. The quantitative estimate of drug-likeness (QED) is 0.423. The Kier molecular flexibility index (Phi) is 3.84. The molecule has 0 aliphatic carbocycles. The van der Waals surface area contributed by atoms with Gasteiger partial charge in [0.15, 0.2) is 0 Å². The summed E-state index contributed by atoms with van der Waals surface area (Å²) in [6.45, 7) is 0. The lowest BCUT2D eigenvalue weighted by atomic mass is 10.1. The highest BCUT2D eigenvalue weighted by molar-refractivity contribution is 5.92. The van der Waals surface area contributed by atoms with Crippen LogP contribution >= 0.6 is 0 Å². The Morgan fingerprint density at radius 3 is 1.35 bits per heavy atom. The fourth-order valence-electron chi connectivity index (χ4n) is 2.15. The number of rotatable bonds is 0. The number of benzene rings is 2. The van der Waals surface area contributed by atoms with E-state index >= 15 is 0 Å². The molecule has 0 saturated carbocycles. The number of nitrogens with zero attached hydrogens (tertiary/aromatic N) is 4. The van der Waals surface area contributed by atoms with E-state index < -0.39 is 0 Å². The fraction of sp³-hybridized carbons (Fsp3) is 0. The largest absolute Gasteiger partial charge is 0.368 e. The number of fused-ring (bicyclic) bond motifs is 2. The molecule has 0 amide bonds. The molecule has 2 aromatic carbocycles. The zero-order valence-corrected chi connectivity index (χ0v) is 12.2. The molecule has 23 heavy (non-hydrogen) atoms. The SMILES string of the molecule is Nc1nc(N)nc(N)n1.c1ccc2nc3ccccc3cc2c1. The number of para-hydroxylation sites is 2. The standard InChI is InChI=1S/C13H9N.C3H6N6/c1-3-7-12-10(5-1)9-11-6-2-4-8-13(11)14-12;4-1-7-2(5)9-3(6)8-1/h1-9H;(H6,4,5,6,7,8,9). The lowest BCUT2D eigenvalue weighted by molar-refractivity contribution is 1.09. The predicted molar refractivity (Wildman–Crippen MR) is 92.3 cm³/mol. The topological polar surface area (TPSA) is 130 Å². The van der Waals surface area contributed by atoms with E-state index in [-0.39, 0.29) is 17.8 Å². The molecule has 0 fully saturated rings. The molecule has 2 aromatic heterocycles. The minimum atomic E-state index is 0.0417. The molecule has 0 aliphatic heterocycles. The van der Waals surface area contributed by atoms with E-state index in [2.05, 4.69) is 38.1 Å². The van der Waals surface area contributed by atoms with Gasteiger partial charge < -0.3 is 17.2 Å². The van der Waals surface area contributed by atoms with Crippen molar-refractivity contribution in [3.8, 4) is 0 Å². The van der Waals surface area contributed by atoms with Crippen molar-refractivity contribution in [3.05, 3.63) is 54.6 Å². The first-order valence-corrected chi connectivity index (χ1v) is 6.89. The van der Waals surface area contributed by atoms with Gasteiger partial charge in [-0.3, -0.25) is 0 Å². The molecule has 0 radical (unpaired) electrons. The Balaban J connectivity index is 0.000000151. The zero-order valence-electron chi connectivity index (χ0n) is 12.2. The molecule has 0 unspecified atom stereocenters. The van der Waals surface area contributed by atoms with Crippen LogP contribution in [0.5, 0.6) is 0 Å². The molecule has 0 aliphatic rings. The first-order chi connectivity index (χ1) is 11.1. The maximum Gasteiger partial charge on any atom is 0.226 e. The van der Waals surface area contributed by atoms with E-state index in [9.17, 15) is 0 Å². The Hall–Kier alpha value is -3.48. The Morgan fingerprint density at radius 1 is 0.522 bits per heavy atom. The van der Waals surface area contributed by atoms with Crippen LogP contribution in [-0.2, 0) is 0 Å². The first-order valence-electron chi connectivity index (χ1n) is 6.89. The Bertz CT molecular complexity index is 813. The van der Waals surface area contributed by atoms with Gasteiger partial charge in [0, 0.05) is 10.8 Å². The summed E-state index contributed by atoms with van der Waals surface area (Å²) in [6, 6.07) is 18.6. The summed E-state index contributed by atoms with van der Waals surface area (Å²) in [5, 5.41) is 2.40. The van der Waals surface area contributed by atoms with Crippen LogP contribution in [0, 0.1) is 0 Å². The Morgan fingerprint density at radius 2 is 0.913 bits per heavy atom. The fourth-order valence-corrected chi connectivity index (χ4v) is 2.15. The molecule has 7 nitrogen and oxygen atoms in total. The second-order valence-electron chi connectivity index (χ2n) is 4.78. The molecule has 114 valence electrons. The Labute approximate surface area is 132 Å². The van der Waals surface area contributed by atoms with Crippen molar-refractivity contribution in [2.24, 2.45) is 0 Å². The first kappa shape index (κ1) is 14.5. The highest BCUT2D eigenvalue weighted by Gasteiger charge is 1.96. The van der Waals surface area contributed by atoms with Crippen LogP contribution < -0.4 is 17.2 Å². The molecule has 6 N–H and O–H groups in total. The van der Waals surface area contributed by atoms with Gasteiger partial charge in [0.25, 0.3) is 0 Å². The second kappa shape index (κ2) is 6.10. The van der Waals surface area contributed by atoms with E-state index in [0.717, 1.165) is 11.0 Å². The molecular formula is C16H15N7. The minimum Gasteiger partial charge on any atom is -0.368 e. The van der Waals surface area contributed by atoms with E-state index in [1.54, 1.807) is 0 Å². The van der Waals surface area contributed by atoms with Gasteiger partial charge in [0.05, 0.1) is 11.0 Å². The maximum absolute atomic E-state index is 5.14. The third-order valence-electron chi connectivity index (χ3n) is 3.11. The van der Waals surface area contributed by atoms with Crippen molar-refractivity contribution >= 4 is 39.7 Å². The summed E-state index contributed by atoms with van der Waals surface area (Å²) < 4.78 is 0. The minimum absolute atomic E-state index is 0.0417. The summed E-state index contributed by atoms with van der Waals surface area (Å²) in [7, 11) is 0. The maximum atomic E-state index is 5.14. The van der Waals surface area contributed by atoms with Crippen molar-refractivity contribution in [1.82, 2.24) is 19.9 Å². The number of anilines is 3. The van der Waals surface area contributed by atoms with Gasteiger partial charge in [-0.25, -0.2) is 4.98 Å². The van der Waals surface area contributed by atoms with Gasteiger partial charge in [-0.15, -0.1) is 0 Å². The molecular weight excluding hydrogens is 290 g/mol. The van der Waals surface area contributed by atoms with Crippen molar-refractivity contribution < 1.29 is 0 Å². The van der Waals surface area contributed by atoms with Crippen LogP contribution in [0.2, 0.25) is 0 Å². The number of pyridine rings is 1. The second-order valence-corrected chi connectivity index (χ2v) is 4.78. The van der Waals surface area contributed by atoms with Crippen molar-refractivity contribution in [2.45, 2.75) is 0 Å². The highest BCUT2D eigenvalue weighted by atomic mass is 15.2. The van der Waals surface area contributed by atoms with E-state index in [1.165, 1.54) is 10.8 Å². The zero-order chi connectivity index (χ0) is 16.2. The van der Waals surface area contributed by atoms with Gasteiger partial charge in [-0.1, -0.05) is 36.4 Å². The molecule has 4 rings (SSSR count). The molecule has 0 atom stereocenters. The van der Waals surface area contributed by atoms with Gasteiger partial charge in [-0.2, -0.15) is 15.0 Å². The van der Waals surface area contributed by atoms with Crippen LogP contribution in [0.3, 0.4) is 0 Å². The molecule has 0 spiro atoms. The van der Waals surface area contributed by atoms with Crippen LogP contribution in [0.25, 0.3) is 21.8 Å². The third-order valence-corrected chi connectivity index (χ3v) is 3.11. The molecule has 7 heteroatoms. The number of aromatic nitrogens is 4. The summed E-state index contributed by atoms with van der Waals surface area (Å²) in [4.78, 5) is 15.0. The number of hydrogen-bond donors (Lipinski definition) is 3. The van der Waals surface area contributed by atoms with E-state index in [4.69, 9.17) is 17.2 Å². The van der Waals surface area contributed by atoms with Gasteiger partial charge >= 0.3 is 0 Å². The van der Waals surface area contributed by atoms with Crippen LogP contribution in [0.15, 0.2) is 54.6 Å². The van der Waals surface area contributed by atoms with Crippen molar-refractivity contribution in [1.29, 1.82) is 0 Å². The lowest BCUT2D eigenvalue weighted by Crippen LogP contribution is -2.05. The van der Waals surface area contributed by atoms with E-state index in [0.29, 0.717) is 0 Å². The van der Waals surface area contributed by atoms with Crippen LogP contribution in [0.1, 0.15) is 0 Å². The average molecular weight is 305 g/mol. The predicted octanol–water partition coefficient (Wildman–Crippen LogP) is 2.01. The van der Waals surface area contributed by atoms with E-state index in [1.807, 2.05) is 36.4 Å². The van der Waals surface area contributed by atoms with Gasteiger partial charge in [0.2, 0.25) is 17.8 Å². The molecule has 2 heterocycles. The van der Waals surface area contributed by atoms with Crippen LogP contribution in [-0.4, -0.2) is 19.9 Å². The third kappa shape index (κ3) is 3.41. The molecule has 0 bridgehead atoms. The molecule has 4 aromatic rings. The number of hydrogen-bond acceptors (Lipinski definition) is 7. The summed E-state index contributed by atoms with van der Waals surface area (Å²) >= 11 is 0.